The molecule has 0 radical (unpaired) electrons. The van der Waals surface area contributed by atoms with Crippen molar-refractivity contribution in [2.75, 3.05) is 13.2 Å². The number of aliphatic hydroxyl groups excluding tert-OH is 1. The summed E-state index contributed by atoms with van der Waals surface area (Å²) in [6.45, 7) is -0.248. The van der Waals surface area contributed by atoms with Gasteiger partial charge in [-0.05, 0) is 31.0 Å². The first-order chi connectivity index (χ1) is 9.87. The average molecular weight is 334 g/mol. The zero-order chi connectivity index (χ0) is 15.6. The van der Waals surface area contributed by atoms with Crippen LogP contribution < -0.4 is 0 Å². The summed E-state index contributed by atoms with van der Waals surface area (Å²) in [5.74, 6) is -1.21. The molecule has 0 unspecified atom stereocenters. The Kier molecular flexibility index (Phi) is 4.88. The van der Waals surface area contributed by atoms with Crippen molar-refractivity contribution < 1.29 is 23.4 Å². The van der Waals surface area contributed by atoms with E-state index >= 15 is 0 Å². The molecule has 6 nitrogen and oxygen atoms in total. The van der Waals surface area contributed by atoms with Gasteiger partial charge in [0.2, 0.25) is 10.0 Å². The van der Waals surface area contributed by atoms with Gasteiger partial charge in [0.15, 0.2) is 0 Å². The lowest BCUT2D eigenvalue weighted by Gasteiger charge is -2.36. The molecule has 116 valence electrons. The van der Waals surface area contributed by atoms with Gasteiger partial charge in [0.25, 0.3) is 0 Å². The van der Waals surface area contributed by atoms with Gasteiger partial charge < -0.3 is 10.2 Å². The molecule has 8 heteroatoms. The molecule has 0 heterocycles. The summed E-state index contributed by atoms with van der Waals surface area (Å²) in [6, 6.07) is 3.44. The first-order valence-corrected chi connectivity index (χ1v) is 8.35. The molecule has 2 N–H and O–H groups in total. The molecule has 1 aliphatic rings. The summed E-state index contributed by atoms with van der Waals surface area (Å²) >= 11 is 5.83. The van der Waals surface area contributed by atoms with Gasteiger partial charge in [-0.3, -0.25) is 0 Å². The van der Waals surface area contributed by atoms with E-state index in [1.807, 2.05) is 0 Å². The molecule has 0 aliphatic heterocycles. The average Bonchev–Trinajstić information content (AvgIpc) is 2.35. The Morgan fingerprint density at radius 2 is 2.05 bits per heavy atom. The van der Waals surface area contributed by atoms with Gasteiger partial charge in [0.05, 0.1) is 22.1 Å². The Labute approximate surface area is 128 Å². The summed E-state index contributed by atoms with van der Waals surface area (Å²) in [5, 5.41) is 17.9. The van der Waals surface area contributed by atoms with Crippen molar-refractivity contribution in [3.05, 3.63) is 28.8 Å². The number of aromatic carboxylic acids is 1. The Bertz CT molecular complexity index is 642. The predicted octanol–water partition coefficient (Wildman–Crippen LogP) is 1.57. The minimum absolute atomic E-state index is 0.0191. The molecule has 21 heavy (non-hydrogen) atoms. The molecule has 1 aromatic carbocycles. The van der Waals surface area contributed by atoms with E-state index in [-0.39, 0.29) is 34.7 Å². The lowest BCUT2D eigenvalue weighted by atomic mass is 9.93. The molecular weight excluding hydrogens is 318 g/mol. The number of carbonyl (C=O) groups is 1. The zero-order valence-corrected chi connectivity index (χ0v) is 12.8. The highest BCUT2D eigenvalue weighted by atomic mass is 35.5. The van der Waals surface area contributed by atoms with Crippen molar-refractivity contribution in [2.24, 2.45) is 0 Å². The normalized spacial score (nSPS) is 16.0. The van der Waals surface area contributed by atoms with E-state index in [0.29, 0.717) is 0 Å². The highest BCUT2D eigenvalue weighted by Crippen LogP contribution is 2.31. The third kappa shape index (κ3) is 3.21. The lowest BCUT2D eigenvalue weighted by Crippen LogP contribution is -2.45. The van der Waals surface area contributed by atoms with Crippen molar-refractivity contribution >= 4 is 27.6 Å². The minimum Gasteiger partial charge on any atom is -0.478 e. The van der Waals surface area contributed by atoms with Crippen LogP contribution in [0.15, 0.2) is 23.1 Å². The maximum atomic E-state index is 12.6. The van der Waals surface area contributed by atoms with Crippen molar-refractivity contribution in [2.45, 2.75) is 30.2 Å². The van der Waals surface area contributed by atoms with Gasteiger partial charge in [-0.1, -0.05) is 18.0 Å². The van der Waals surface area contributed by atoms with Crippen LogP contribution >= 0.6 is 11.6 Å². The fourth-order valence-corrected chi connectivity index (χ4v) is 4.27. The smallest absolute Gasteiger partial charge is 0.337 e. The second-order valence-corrected chi connectivity index (χ2v) is 7.17. The molecule has 0 aromatic heterocycles. The van der Waals surface area contributed by atoms with Gasteiger partial charge in [-0.25, -0.2) is 13.2 Å². The molecule has 1 saturated carbocycles. The third-order valence-electron chi connectivity index (χ3n) is 3.58. The van der Waals surface area contributed by atoms with Crippen LogP contribution in [0.5, 0.6) is 0 Å². The topological polar surface area (TPSA) is 94.9 Å². The summed E-state index contributed by atoms with van der Waals surface area (Å²) in [6.07, 6.45) is 2.49. The Morgan fingerprint density at radius 1 is 1.38 bits per heavy atom. The summed E-state index contributed by atoms with van der Waals surface area (Å²) in [4.78, 5) is 10.8. The minimum atomic E-state index is -3.79. The van der Waals surface area contributed by atoms with Crippen LogP contribution in [0.3, 0.4) is 0 Å². The van der Waals surface area contributed by atoms with Gasteiger partial charge in [0.1, 0.15) is 0 Å². The number of aliphatic hydroxyl groups is 1. The number of sulfonamides is 1. The molecule has 0 saturated heterocycles. The Balaban J connectivity index is 2.37. The SMILES string of the molecule is O=C(O)c1ccc(S(=O)(=O)N(CCO)C2CCC2)cc1Cl. The monoisotopic (exact) mass is 333 g/mol. The quantitative estimate of drug-likeness (QED) is 0.824. The highest BCUT2D eigenvalue weighted by molar-refractivity contribution is 7.89. The number of hydrogen-bond acceptors (Lipinski definition) is 4. The van der Waals surface area contributed by atoms with Gasteiger partial charge in [0, 0.05) is 12.6 Å². The van der Waals surface area contributed by atoms with E-state index in [4.69, 9.17) is 21.8 Å². The number of nitrogens with zero attached hydrogens (tertiary/aromatic N) is 1. The van der Waals surface area contributed by atoms with E-state index in [1.165, 1.54) is 16.4 Å². The molecule has 1 aromatic rings. The fraction of sp³-hybridized carbons (Fsp3) is 0.462. The summed E-state index contributed by atoms with van der Waals surface area (Å²) in [5.41, 5.74) is -0.145. The fourth-order valence-electron chi connectivity index (χ4n) is 2.24. The van der Waals surface area contributed by atoms with Crippen molar-refractivity contribution in [1.82, 2.24) is 4.31 Å². The molecular formula is C13H16ClNO5S. The second-order valence-electron chi connectivity index (χ2n) is 4.87. The molecule has 1 aliphatic carbocycles. The van der Waals surface area contributed by atoms with Crippen LogP contribution in [0.1, 0.15) is 29.6 Å². The van der Waals surface area contributed by atoms with Crippen molar-refractivity contribution in [3.8, 4) is 0 Å². The molecule has 2 rings (SSSR count). The number of carboxylic acids is 1. The van der Waals surface area contributed by atoms with Crippen molar-refractivity contribution in [3.63, 3.8) is 0 Å². The Morgan fingerprint density at radius 3 is 2.48 bits per heavy atom. The molecule has 0 amide bonds. The zero-order valence-electron chi connectivity index (χ0n) is 11.2. The third-order valence-corrected chi connectivity index (χ3v) is 5.84. The standard InChI is InChI=1S/C13H16ClNO5S/c14-12-8-10(4-5-11(12)13(17)18)21(19,20)15(6-7-16)9-2-1-3-9/h4-5,8-9,16H,1-3,6-7H2,(H,17,18). The van der Waals surface area contributed by atoms with E-state index in [0.717, 1.165) is 25.3 Å². The van der Waals surface area contributed by atoms with Crippen LogP contribution in [0, 0.1) is 0 Å². The number of rotatable bonds is 6. The van der Waals surface area contributed by atoms with E-state index in [1.54, 1.807) is 0 Å². The van der Waals surface area contributed by atoms with Crippen LogP contribution in [-0.2, 0) is 10.0 Å². The van der Waals surface area contributed by atoms with Gasteiger partial charge in [-0.2, -0.15) is 4.31 Å². The van der Waals surface area contributed by atoms with E-state index in [9.17, 15) is 13.2 Å². The van der Waals surface area contributed by atoms with Crippen LogP contribution in [0.2, 0.25) is 5.02 Å². The number of carboxylic acid groups (broad SMARTS) is 1. The lowest BCUT2D eigenvalue weighted by molar-refractivity contribution is 0.0697. The van der Waals surface area contributed by atoms with E-state index in [2.05, 4.69) is 0 Å². The van der Waals surface area contributed by atoms with E-state index < -0.39 is 16.0 Å². The van der Waals surface area contributed by atoms with Crippen LogP contribution in [-0.4, -0.2) is 48.1 Å². The maximum absolute atomic E-state index is 12.6. The summed E-state index contributed by atoms with van der Waals surface area (Å²) < 4.78 is 26.5. The maximum Gasteiger partial charge on any atom is 0.337 e. The molecule has 0 spiro atoms. The Hall–Kier alpha value is -1.15. The van der Waals surface area contributed by atoms with Crippen LogP contribution in [0.4, 0.5) is 0 Å². The molecule has 0 atom stereocenters. The first-order valence-electron chi connectivity index (χ1n) is 6.53. The number of hydrogen-bond donors (Lipinski definition) is 2. The molecule has 0 bridgehead atoms. The second kappa shape index (κ2) is 6.31. The number of benzene rings is 1. The van der Waals surface area contributed by atoms with Gasteiger partial charge in [-0.15, -0.1) is 0 Å². The largest absolute Gasteiger partial charge is 0.478 e. The molecule has 1 fully saturated rings. The van der Waals surface area contributed by atoms with Crippen molar-refractivity contribution in [1.29, 1.82) is 0 Å². The number of halogens is 1. The highest BCUT2D eigenvalue weighted by Gasteiger charge is 2.34. The van der Waals surface area contributed by atoms with Gasteiger partial charge >= 0.3 is 5.97 Å². The van der Waals surface area contributed by atoms with Crippen LogP contribution in [0.25, 0.3) is 0 Å². The summed E-state index contributed by atoms with van der Waals surface area (Å²) in [7, 11) is -3.79. The predicted molar refractivity (Wildman–Crippen MR) is 77.0 cm³/mol. The first kappa shape index (κ1) is 16.2.